The number of carbonyl (C=O) groups is 2. The maximum Gasteiger partial charge on any atom is 0.243 e. The van der Waals surface area contributed by atoms with Crippen molar-refractivity contribution in [3.8, 4) is 0 Å². The Balaban J connectivity index is 1.63. The summed E-state index contributed by atoms with van der Waals surface area (Å²) in [5, 5.41) is 0. The minimum atomic E-state index is -0.833. The van der Waals surface area contributed by atoms with Crippen LogP contribution < -0.4 is 5.73 Å². The third-order valence-corrected chi connectivity index (χ3v) is 4.34. The molecular formula is C13H21N3O3. The molecule has 0 atom stereocenters. The number of nitrogens with zero attached hydrogens (tertiary/aromatic N) is 2. The summed E-state index contributed by atoms with van der Waals surface area (Å²) in [5.74, 6) is -0.0163. The van der Waals surface area contributed by atoms with Gasteiger partial charge in [0.2, 0.25) is 11.8 Å². The first-order valence-corrected chi connectivity index (χ1v) is 7.06. The van der Waals surface area contributed by atoms with E-state index in [0.717, 1.165) is 12.8 Å². The molecule has 1 aliphatic carbocycles. The SMILES string of the molecule is NC1(C(=O)N2CCN(C3CC3)C(=O)C2)CCOCC1. The average molecular weight is 267 g/mol. The summed E-state index contributed by atoms with van der Waals surface area (Å²) in [6.07, 6.45) is 3.31. The molecule has 1 saturated carbocycles. The van der Waals surface area contributed by atoms with E-state index >= 15 is 0 Å². The molecule has 19 heavy (non-hydrogen) atoms. The summed E-state index contributed by atoms with van der Waals surface area (Å²) < 4.78 is 5.25. The normalized spacial score (nSPS) is 27.5. The van der Waals surface area contributed by atoms with E-state index in [-0.39, 0.29) is 18.4 Å². The van der Waals surface area contributed by atoms with E-state index in [0.29, 0.717) is 45.2 Å². The van der Waals surface area contributed by atoms with Gasteiger partial charge in [0.25, 0.3) is 0 Å². The topological polar surface area (TPSA) is 75.9 Å². The first kappa shape index (κ1) is 12.9. The Morgan fingerprint density at radius 2 is 1.95 bits per heavy atom. The summed E-state index contributed by atoms with van der Waals surface area (Å²) in [6.45, 7) is 2.51. The van der Waals surface area contributed by atoms with Gasteiger partial charge in [-0.1, -0.05) is 0 Å². The molecule has 0 radical (unpaired) electrons. The van der Waals surface area contributed by atoms with Crippen molar-refractivity contribution in [2.24, 2.45) is 5.73 Å². The fourth-order valence-corrected chi connectivity index (χ4v) is 2.90. The van der Waals surface area contributed by atoms with Crippen LogP contribution in [0.3, 0.4) is 0 Å². The number of nitrogens with two attached hydrogens (primary N) is 1. The Kier molecular flexibility index (Phi) is 3.22. The van der Waals surface area contributed by atoms with Crippen molar-refractivity contribution >= 4 is 11.8 Å². The van der Waals surface area contributed by atoms with Gasteiger partial charge in [0, 0.05) is 32.3 Å². The van der Waals surface area contributed by atoms with Gasteiger partial charge in [-0.2, -0.15) is 0 Å². The number of ether oxygens (including phenoxy) is 1. The molecular weight excluding hydrogens is 246 g/mol. The fourth-order valence-electron chi connectivity index (χ4n) is 2.90. The monoisotopic (exact) mass is 267 g/mol. The number of rotatable bonds is 2. The van der Waals surface area contributed by atoms with Gasteiger partial charge >= 0.3 is 0 Å². The highest BCUT2D eigenvalue weighted by atomic mass is 16.5. The van der Waals surface area contributed by atoms with Gasteiger partial charge in [-0.15, -0.1) is 0 Å². The van der Waals surface area contributed by atoms with Gasteiger partial charge in [0.15, 0.2) is 0 Å². The molecule has 3 fully saturated rings. The highest BCUT2D eigenvalue weighted by Crippen LogP contribution is 2.29. The summed E-state index contributed by atoms with van der Waals surface area (Å²) in [5.41, 5.74) is 5.36. The first-order chi connectivity index (χ1) is 9.10. The number of hydrogen-bond acceptors (Lipinski definition) is 4. The van der Waals surface area contributed by atoms with E-state index in [9.17, 15) is 9.59 Å². The van der Waals surface area contributed by atoms with Crippen molar-refractivity contribution in [3.63, 3.8) is 0 Å². The zero-order valence-electron chi connectivity index (χ0n) is 11.1. The molecule has 3 aliphatic rings. The maximum atomic E-state index is 12.5. The van der Waals surface area contributed by atoms with Gasteiger partial charge in [0.1, 0.15) is 0 Å². The lowest BCUT2D eigenvalue weighted by molar-refractivity contribution is -0.150. The van der Waals surface area contributed by atoms with E-state index in [2.05, 4.69) is 0 Å². The number of piperazine rings is 1. The molecule has 2 heterocycles. The summed E-state index contributed by atoms with van der Waals surface area (Å²) >= 11 is 0. The van der Waals surface area contributed by atoms with Crippen LogP contribution in [0.5, 0.6) is 0 Å². The number of amides is 2. The van der Waals surface area contributed by atoms with E-state index < -0.39 is 5.54 Å². The molecule has 0 bridgehead atoms. The molecule has 6 heteroatoms. The zero-order valence-corrected chi connectivity index (χ0v) is 11.1. The molecule has 106 valence electrons. The van der Waals surface area contributed by atoms with Crippen molar-refractivity contribution in [3.05, 3.63) is 0 Å². The number of carbonyl (C=O) groups excluding carboxylic acids is 2. The Bertz CT molecular complexity index is 389. The van der Waals surface area contributed by atoms with E-state index in [1.807, 2.05) is 4.90 Å². The summed E-state index contributed by atoms with van der Waals surface area (Å²) in [4.78, 5) is 28.1. The third kappa shape index (κ3) is 2.47. The predicted octanol–water partition coefficient (Wildman–Crippen LogP) is -0.672. The average Bonchev–Trinajstić information content (AvgIpc) is 3.23. The molecule has 0 aromatic rings. The third-order valence-electron chi connectivity index (χ3n) is 4.34. The van der Waals surface area contributed by atoms with Crippen molar-refractivity contribution in [2.75, 3.05) is 32.8 Å². The van der Waals surface area contributed by atoms with Crippen LogP contribution >= 0.6 is 0 Å². The Morgan fingerprint density at radius 1 is 1.26 bits per heavy atom. The quantitative estimate of drug-likeness (QED) is 0.720. The highest BCUT2D eigenvalue weighted by molar-refractivity contribution is 5.91. The maximum absolute atomic E-state index is 12.5. The lowest BCUT2D eigenvalue weighted by Gasteiger charge is -2.40. The van der Waals surface area contributed by atoms with Crippen LogP contribution in [0.25, 0.3) is 0 Å². The molecule has 6 nitrogen and oxygen atoms in total. The van der Waals surface area contributed by atoms with Crippen LogP contribution in [0, 0.1) is 0 Å². The molecule has 0 aromatic carbocycles. The van der Waals surface area contributed by atoms with Crippen LogP contribution in [0.2, 0.25) is 0 Å². The molecule has 0 aromatic heterocycles. The van der Waals surface area contributed by atoms with Gasteiger partial charge < -0.3 is 20.3 Å². The van der Waals surface area contributed by atoms with Crippen molar-refractivity contribution < 1.29 is 14.3 Å². The van der Waals surface area contributed by atoms with E-state index in [1.54, 1.807) is 4.90 Å². The molecule has 0 spiro atoms. The largest absolute Gasteiger partial charge is 0.381 e. The second-order valence-electron chi connectivity index (χ2n) is 5.81. The van der Waals surface area contributed by atoms with E-state index in [4.69, 9.17) is 10.5 Å². The summed E-state index contributed by atoms with van der Waals surface area (Å²) in [6, 6.07) is 0.430. The number of hydrogen-bond donors (Lipinski definition) is 1. The molecule has 0 unspecified atom stereocenters. The van der Waals surface area contributed by atoms with Crippen molar-refractivity contribution in [1.29, 1.82) is 0 Å². The van der Waals surface area contributed by atoms with Crippen LogP contribution in [0.15, 0.2) is 0 Å². The first-order valence-electron chi connectivity index (χ1n) is 7.06. The van der Waals surface area contributed by atoms with Gasteiger partial charge in [-0.3, -0.25) is 9.59 Å². The van der Waals surface area contributed by atoms with Gasteiger partial charge in [0.05, 0.1) is 12.1 Å². The second kappa shape index (κ2) is 4.76. The minimum absolute atomic E-state index is 0.0674. The molecule has 3 rings (SSSR count). The Hall–Kier alpha value is -1.14. The van der Waals surface area contributed by atoms with Gasteiger partial charge in [-0.25, -0.2) is 0 Å². The van der Waals surface area contributed by atoms with Crippen LogP contribution in [0.1, 0.15) is 25.7 Å². The summed E-state index contributed by atoms with van der Waals surface area (Å²) in [7, 11) is 0. The lowest BCUT2D eigenvalue weighted by Crippen LogP contribution is -2.62. The fraction of sp³-hybridized carbons (Fsp3) is 0.846. The van der Waals surface area contributed by atoms with Crippen molar-refractivity contribution in [2.45, 2.75) is 37.3 Å². The molecule has 2 saturated heterocycles. The zero-order chi connectivity index (χ0) is 13.5. The van der Waals surface area contributed by atoms with Crippen LogP contribution in [-0.2, 0) is 14.3 Å². The van der Waals surface area contributed by atoms with Crippen LogP contribution in [0.4, 0.5) is 0 Å². The Morgan fingerprint density at radius 3 is 2.53 bits per heavy atom. The standard InChI is InChI=1S/C13H21N3O3/c14-13(3-7-19-8-4-13)12(18)15-5-6-16(10-1-2-10)11(17)9-15/h10H,1-9,14H2. The lowest BCUT2D eigenvalue weighted by atomic mass is 9.89. The molecule has 2 N–H and O–H groups in total. The molecule has 2 aliphatic heterocycles. The minimum Gasteiger partial charge on any atom is -0.381 e. The smallest absolute Gasteiger partial charge is 0.243 e. The Labute approximate surface area is 112 Å². The highest BCUT2D eigenvalue weighted by Gasteiger charge is 2.43. The molecule has 2 amide bonds. The van der Waals surface area contributed by atoms with Crippen LogP contribution in [-0.4, -0.2) is 66.0 Å². The van der Waals surface area contributed by atoms with E-state index in [1.165, 1.54) is 0 Å². The second-order valence-corrected chi connectivity index (χ2v) is 5.81. The van der Waals surface area contributed by atoms with Crippen molar-refractivity contribution in [1.82, 2.24) is 9.80 Å². The van der Waals surface area contributed by atoms with Gasteiger partial charge in [-0.05, 0) is 25.7 Å². The predicted molar refractivity (Wildman–Crippen MR) is 68.3 cm³/mol.